The molecule has 1 N–H and O–H groups in total. The maximum absolute atomic E-state index is 5.44. The smallest absolute Gasteiger partial charge is 0.233 e. The van der Waals surface area contributed by atoms with Gasteiger partial charge in [-0.3, -0.25) is 4.99 Å². The molecular weight excluding hydrogens is 340 g/mol. The molecular formula is C20H22N6O. The number of rotatable bonds is 4. The Morgan fingerprint density at radius 1 is 1.04 bits per heavy atom. The quantitative estimate of drug-likeness (QED) is 0.901. The van der Waals surface area contributed by atoms with Gasteiger partial charge in [0.15, 0.2) is 5.82 Å². The number of nitrogens with zero attached hydrogens (tertiary/aromatic N) is 5. The number of morpholine rings is 1. The molecule has 2 aliphatic heterocycles. The van der Waals surface area contributed by atoms with E-state index in [0.717, 1.165) is 24.5 Å². The van der Waals surface area contributed by atoms with Crippen molar-refractivity contribution in [3.05, 3.63) is 53.4 Å². The normalized spacial score (nSPS) is 17.1. The van der Waals surface area contributed by atoms with Crippen molar-refractivity contribution in [2.24, 2.45) is 4.99 Å². The molecule has 0 atom stereocenters. The predicted octanol–water partition coefficient (Wildman–Crippen LogP) is 2.65. The van der Waals surface area contributed by atoms with Gasteiger partial charge in [-0.15, -0.1) is 0 Å². The standard InChI is InChI=1S/C20H22N6O/c1-15-13-18(21-14-15)23-19-22-17(8-7-16-5-3-2-4-6-16)24-20(25-19)26-9-11-27-12-10-26/h2-8,13H,9-12,14H2,1H3,(H,21,22,23,24,25)/b8-7+. The number of ether oxygens (including phenoxy) is 1. The number of nitrogens with one attached hydrogen (secondary N) is 1. The van der Waals surface area contributed by atoms with Crippen LogP contribution >= 0.6 is 0 Å². The van der Waals surface area contributed by atoms with E-state index in [1.807, 2.05) is 48.6 Å². The van der Waals surface area contributed by atoms with Gasteiger partial charge in [-0.2, -0.15) is 15.0 Å². The molecule has 0 aliphatic carbocycles. The molecule has 7 heteroatoms. The van der Waals surface area contributed by atoms with E-state index in [-0.39, 0.29) is 0 Å². The highest BCUT2D eigenvalue weighted by atomic mass is 16.5. The van der Waals surface area contributed by atoms with Gasteiger partial charge in [-0.05, 0) is 30.2 Å². The lowest BCUT2D eigenvalue weighted by Crippen LogP contribution is -2.37. The van der Waals surface area contributed by atoms with E-state index in [4.69, 9.17) is 4.74 Å². The third-order valence-corrected chi connectivity index (χ3v) is 4.28. The molecule has 1 aromatic heterocycles. The van der Waals surface area contributed by atoms with Crippen LogP contribution in [0.3, 0.4) is 0 Å². The first-order chi connectivity index (χ1) is 13.3. The van der Waals surface area contributed by atoms with Gasteiger partial charge in [0, 0.05) is 13.1 Å². The van der Waals surface area contributed by atoms with Crippen molar-refractivity contribution < 1.29 is 4.74 Å². The number of aliphatic imine (C=N–C) groups is 1. The maximum Gasteiger partial charge on any atom is 0.233 e. The van der Waals surface area contributed by atoms with Crippen LogP contribution in [0.2, 0.25) is 0 Å². The average Bonchev–Trinajstić information content (AvgIpc) is 3.12. The van der Waals surface area contributed by atoms with Crippen molar-refractivity contribution in [3.8, 4) is 0 Å². The molecule has 0 amide bonds. The molecule has 27 heavy (non-hydrogen) atoms. The van der Waals surface area contributed by atoms with Crippen molar-refractivity contribution in [1.29, 1.82) is 0 Å². The van der Waals surface area contributed by atoms with Crippen LogP contribution in [0.1, 0.15) is 18.3 Å². The van der Waals surface area contributed by atoms with E-state index in [2.05, 4.69) is 37.1 Å². The van der Waals surface area contributed by atoms with Gasteiger partial charge in [0.25, 0.3) is 0 Å². The van der Waals surface area contributed by atoms with Crippen LogP contribution in [-0.4, -0.2) is 53.6 Å². The fourth-order valence-corrected chi connectivity index (χ4v) is 2.88. The van der Waals surface area contributed by atoms with E-state index < -0.39 is 0 Å². The Hall–Kier alpha value is -3.06. The van der Waals surface area contributed by atoms with E-state index in [0.29, 0.717) is 37.5 Å². The Morgan fingerprint density at radius 2 is 1.85 bits per heavy atom. The number of amidine groups is 1. The van der Waals surface area contributed by atoms with Crippen molar-refractivity contribution in [3.63, 3.8) is 0 Å². The second-order valence-electron chi connectivity index (χ2n) is 6.48. The Morgan fingerprint density at radius 3 is 2.59 bits per heavy atom. The topological polar surface area (TPSA) is 75.5 Å². The minimum atomic E-state index is 0.504. The van der Waals surface area contributed by atoms with E-state index >= 15 is 0 Å². The minimum Gasteiger partial charge on any atom is -0.378 e. The summed E-state index contributed by atoms with van der Waals surface area (Å²) in [5, 5.41) is 3.21. The minimum absolute atomic E-state index is 0.504. The predicted molar refractivity (Wildman–Crippen MR) is 108 cm³/mol. The van der Waals surface area contributed by atoms with Crippen LogP contribution in [-0.2, 0) is 4.74 Å². The van der Waals surface area contributed by atoms with Gasteiger partial charge in [0.05, 0.1) is 19.8 Å². The largest absolute Gasteiger partial charge is 0.378 e. The van der Waals surface area contributed by atoms with Crippen LogP contribution in [0.5, 0.6) is 0 Å². The summed E-state index contributed by atoms with van der Waals surface area (Å²) < 4.78 is 5.44. The number of benzene rings is 1. The summed E-state index contributed by atoms with van der Waals surface area (Å²) in [5.41, 5.74) is 2.31. The van der Waals surface area contributed by atoms with Gasteiger partial charge in [-0.25, -0.2) is 0 Å². The molecule has 1 fully saturated rings. The molecule has 1 aromatic carbocycles. The third-order valence-electron chi connectivity index (χ3n) is 4.28. The lowest BCUT2D eigenvalue weighted by atomic mass is 10.2. The molecule has 138 valence electrons. The molecule has 7 nitrogen and oxygen atoms in total. The number of anilines is 2. The Bertz CT molecular complexity index is 885. The highest BCUT2D eigenvalue weighted by Gasteiger charge is 2.17. The average molecular weight is 362 g/mol. The first-order valence-corrected chi connectivity index (χ1v) is 9.07. The van der Waals surface area contributed by atoms with E-state index in [1.54, 1.807) is 0 Å². The lowest BCUT2D eigenvalue weighted by Gasteiger charge is -2.27. The highest BCUT2D eigenvalue weighted by molar-refractivity contribution is 6.04. The van der Waals surface area contributed by atoms with Crippen molar-refractivity contribution in [2.45, 2.75) is 6.92 Å². The molecule has 2 aromatic rings. The van der Waals surface area contributed by atoms with E-state index in [1.165, 1.54) is 5.57 Å². The molecule has 0 bridgehead atoms. The van der Waals surface area contributed by atoms with Crippen LogP contribution in [0.15, 0.2) is 47.0 Å². The van der Waals surface area contributed by atoms with Gasteiger partial charge in [0.1, 0.15) is 5.84 Å². The Kier molecular flexibility index (Phi) is 5.20. The second kappa shape index (κ2) is 8.09. The van der Waals surface area contributed by atoms with Crippen LogP contribution in [0.4, 0.5) is 11.9 Å². The van der Waals surface area contributed by atoms with Crippen molar-refractivity contribution >= 4 is 29.9 Å². The zero-order valence-corrected chi connectivity index (χ0v) is 15.3. The number of hydrogen-bond acceptors (Lipinski definition) is 7. The molecule has 1 saturated heterocycles. The molecule has 4 rings (SSSR count). The summed E-state index contributed by atoms with van der Waals surface area (Å²) in [7, 11) is 0. The van der Waals surface area contributed by atoms with Crippen molar-refractivity contribution in [1.82, 2.24) is 15.0 Å². The van der Waals surface area contributed by atoms with Gasteiger partial charge in [0.2, 0.25) is 11.9 Å². The molecule has 0 radical (unpaired) electrons. The fourth-order valence-electron chi connectivity index (χ4n) is 2.88. The summed E-state index contributed by atoms with van der Waals surface area (Å²) in [6.45, 7) is 5.66. The number of aromatic nitrogens is 3. The molecule has 0 spiro atoms. The zero-order chi connectivity index (χ0) is 18.5. The monoisotopic (exact) mass is 362 g/mol. The van der Waals surface area contributed by atoms with E-state index in [9.17, 15) is 0 Å². The maximum atomic E-state index is 5.44. The molecule has 2 aliphatic rings. The SMILES string of the molecule is CC1=CC(Nc2nc(/C=C/c3ccccc3)nc(N3CCOCC3)n2)=NC1. The third kappa shape index (κ3) is 4.57. The second-order valence-corrected chi connectivity index (χ2v) is 6.48. The zero-order valence-electron chi connectivity index (χ0n) is 15.3. The molecule has 0 unspecified atom stereocenters. The molecule has 0 saturated carbocycles. The van der Waals surface area contributed by atoms with Gasteiger partial charge >= 0.3 is 0 Å². The van der Waals surface area contributed by atoms with Gasteiger partial charge < -0.3 is 15.0 Å². The van der Waals surface area contributed by atoms with Crippen LogP contribution < -0.4 is 10.2 Å². The summed E-state index contributed by atoms with van der Waals surface area (Å²) in [4.78, 5) is 20.3. The molecule has 3 heterocycles. The van der Waals surface area contributed by atoms with Crippen molar-refractivity contribution in [2.75, 3.05) is 43.1 Å². The summed E-state index contributed by atoms with van der Waals surface area (Å²) in [5.74, 6) is 2.55. The number of hydrogen-bond donors (Lipinski definition) is 1. The Balaban J connectivity index is 1.62. The summed E-state index contributed by atoms with van der Waals surface area (Å²) >= 11 is 0. The van der Waals surface area contributed by atoms with Crippen LogP contribution in [0, 0.1) is 0 Å². The lowest BCUT2D eigenvalue weighted by molar-refractivity contribution is 0.122. The highest BCUT2D eigenvalue weighted by Crippen LogP contribution is 2.15. The summed E-state index contributed by atoms with van der Waals surface area (Å²) in [6.07, 6.45) is 5.92. The van der Waals surface area contributed by atoms with Crippen LogP contribution in [0.25, 0.3) is 12.2 Å². The van der Waals surface area contributed by atoms with Gasteiger partial charge in [-0.1, -0.05) is 36.4 Å². The Labute approximate surface area is 158 Å². The first kappa shape index (κ1) is 17.4. The summed E-state index contributed by atoms with van der Waals surface area (Å²) in [6, 6.07) is 10.1. The fraction of sp³-hybridized carbons (Fsp3) is 0.300. The first-order valence-electron chi connectivity index (χ1n) is 9.07.